The van der Waals surface area contributed by atoms with Gasteiger partial charge in [-0.25, -0.2) is 9.78 Å². The van der Waals surface area contributed by atoms with Crippen molar-refractivity contribution in [1.29, 1.82) is 0 Å². The Labute approximate surface area is 233 Å². The van der Waals surface area contributed by atoms with E-state index >= 15 is 0 Å². The molecular formula is C28H26N2O9S. The molecule has 1 aromatic heterocycles. The largest absolute Gasteiger partial charge is 0.507 e. The minimum absolute atomic E-state index is 0.0964. The van der Waals surface area contributed by atoms with Crippen LogP contribution >= 0.6 is 11.3 Å². The summed E-state index contributed by atoms with van der Waals surface area (Å²) in [6.45, 7) is 4.56. The number of thiazole rings is 1. The predicted molar refractivity (Wildman–Crippen MR) is 145 cm³/mol. The van der Waals surface area contributed by atoms with Crippen molar-refractivity contribution in [3.63, 3.8) is 0 Å². The highest BCUT2D eigenvalue weighted by atomic mass is 32.1. The third-order valence-corrected chi connectivity index (χ3v) is 7.56. The molecule has 0 spiro atoms. The van der Waals surface area contributed by atoms with Gasteiger partial charge in [-0.15, -0.1) is 0 Å². The normalized spacial score (nSPS) is 17.6. The third kappa shape index (κ3) is 4.60. The Morgan fingerprint density at radius 2 is 1.85 bits per heavy atom. The van der Waals surface area contributed by atoms with E-state index in [1.807, 2.05) is 6.92 Å². The number of carbonyl (C=O) groups is 3. The lowest BCUT2D eigenvalue weighted by Gasteiger charge is -2.24. The monoisotopic (exact) mass is 566 g/mol. The molecule has 1 amide bonds. The number of hydrogen-bond donors (Lipinski definition) is 1. The maximum Gasteiger partial charge on any atom is 0.350 e. The number of anilines is 1. The van der Waals surface area contributed by atoms with Crippen molar-refractivity contribution in [2.75, 3.05) is 38.9 Å². The van der Waals surface area contributed by atoms with Gasteiger partial charge in [0.2, 0.25) is 0 Å². The van der Waals surface area contributed by atoms with E-state index in [1.54, 1.807) is 43.3 Å². The summed E-state index contributed by atoms with van der Waals surface area (Å²) in [6.07, 6.45) is 0. The minimum Gasteiger partial charge on any atom is -0.507 e. The van der Waals surface area contributed by atoms with Gasteiger partial charge in [0.05, 0.1) is 38.1 Å². The molecule has 11 nitrogen and oxygen atoms in total. The first-order valence-electron chi connectivity index (χ1n) is 12.4. The summed E-state index contributed by atoms with van der Waals surface area (Å²) < 4.78 is 27.2. The number of Topliss-reactive ketones (excluding diaryl/α,β-unsaturated/α-hetero) is 1. The molecule has 0 radical (unpaired) electrons. The first kappa shape index (κ1) is 27.0. The Morgan fingerprint density at radius 3 is 2.55 bits per heavy atom. The Bertz CT molecular complexity index is 1540. The number of rotatable bonds is 7. The second-order valence-electron chi connectivity index (χ2n) is 8.77. The second-order valence-corrected chi connectivity index (χ2v) is 9.75. The van der Waals surface area contributed by atoms with Crippen LogP contribution < -0.4 is 23.8 Å². The van der Waals surface area contributed by atoms with Crippen molar-refractivity contribution in [2.45, 2.75) is 19.9 Å². The van der Waals surface area contributed by atoms with Gasteiger partial charge < -0.3 is 28.8 Å². The summed E-state index contributed by atoms with van der Waals surface area (Å²) in [6, 6.07) is 8.62. The Hall–Kier alpha value is -4.58. The first-order valence-corrected chi connectivity index (χ1v) is 13.2. The quantitative estimate of drug-likeness (QED) is 0.193. The maximum absolute atomic E-state index is 13.5. The lowest BCUT2D eigenvalue weighted by molar-refractivity contribution is -0.132. The van der Waals surface area contributed by atoms with Gasteiger partial charge in [-0.2, -0.15) is 0 Å². The van der Waals surface area contributed by atoms with Crippen LogP contribution in [0.25, 0.3) is 5.76 Å². The summed E-state index contributed by atoms with van der Waals surface area (Å²) in [5, 5.41) is 11.6. The molecule has 1 unspecified atom stereocenters. The summed E-state index contributed by atoms with van der Waals surface area (Å²) in [5.41, 5.74) is 0.880. The molecule has 3 aromatic rings. The number of nitrogens with zero attached hydrogens (tertiary/aromatic N) is 2. The van der Waals surface area contributed by atoms with Crippen LogP contribution in [0.3, 0.4) is 0 Å². The molecular weight excluding hydrogens is 540 g/mol. The lowest BCUT2D eigenvalue weighted by Crippen LogP contribution is -2.29. The van der Waals surface area contributed by atoms with Crippen molar-refractivity contribution in [1.82, 2.24) is 4.98 Å². The second kappa shape index (κ2) is 10.9. The van der Waals surface area contributed by atoms with Gasteiger partial charge in [0.15, 0.2) is 28.1 Å². The number of benzene rings is 2. The molecule has 1 atom stereocenters. The van der Waals surface area contributed by atoms with Gasteiger partial charge in [0.25, 0.3) is 5.78 Å². The van der Waals surface area contributed by atoms with E-state index in [-0.39, 0.29) is 21.1 Å². The van der Waals surface area contributed by atoms with E-state index in [9.17, 15) is 19.5 Å². The fourth-order valence-electron chi connectivity index (χ4n) is 4.59. The van der Waals surface area contributed by atoms with Crippen molar-refractivity contribution in [3.05, 3.63) is 63.7 Å². The highest BCUT2D eigenvalue weighted by Crippen LogP contribution is 2.46. The number of ketones is 1. The summed E-state index contributed by atoms with van der Waals surface area (Å²) in [7, 11) is 2.72. The van der Waals surface area contributed by atoms with E-state index in [0.29, 0.717) is 54.1 Å². The molecule has 0 aliphatic carbocycles. The summed E-state index contributed by atoms with van der Waals surface area (Å²) in [5.74, 6) is -1.11. The standard InChI is InChI=1S/C28H26N2O9S/c1-5-37-17-8-6-15(12-19(17)35-3)22-21(23(31)16-7-9-18-20(13-16)39-11-10-38-18)24(32)26(33)30(22)28-29-14(2)25(40-28)27(34)36-4/h6-9,12-13,22,31H,5,10-11H2,1-4H3/b23-21+. The number of aliphatic hydroxyl groups is 1. The summed E-state index contributed by atoms with van der Waals surface area (Å²) in [4.78, 5) is 45.1. The van der Waals surface area contributed by atoms with Crippen LogP contribution in [0.5, 0.6) is 23.0 Å². The average molecular weight is 567 g/mol. The molecule has 1 saturated heterocycles. The van der Waals surface area contributed by atoms with E-state index in [2.05, 4.69) is 4.98 Å². The molecule has 1 N–H and O–H groups in total. The van der Waals surface area contributed by atoms with Crippen molar-refractivity contribution in [2.24, 2.45) is 0 Å². The van der Waals surface area contributed by atoms with Gasteiger partial charge in [0, 0.05) is 5.56 Å². The molecule has 2 aromatic carbocycles. The Balaban J connectivity index is 1.71. The number of hydrogen-bond acceptors (Lipinski definition) is 11. The van der Waals surface area contributed by atoms with Crippen LogP contribution in [-0.4, -0.2) is 61.8 Å². The van der Waals surface area contributed by atoms with Crippen molar-refractivity contribution < 1.29 is 43.2 Å². The first-order chi connectivity index (χ1) is 19.3. The number of fused-ring (bicyclic) bond motifs is 1. The molecule has 2 aliphatic heterocycles. The third-order valence-electron chi connectivity index (χ3n) is 6.43. The van der Waals surface area contributed by atoms with E-state index < -0.39 is 29.5 Å². The zero-order valence-electron chi connectivity index (χ0n) is 22.2. The van der Waals surface area contributed by atoms with Crippen LogP contribution in [0.1, 0.15) is 39.5 Å². The zero-order valence-corrected chi connectivity index (χ0v) is 23.0. The van der Waals surface area contributed by atoms with E-state index in [4.69, 9.17) is 23.7 Å². The number of carbonyl (C=O) groups excluding carboxylic acids is 3. The molecule has 2 aliphatic rings. The fraction of sp³-hybridized carbons (Fsp3) is 0.286. The lowest BCUT2D eigenvalue weighted by atomic mass is 9.95. The fourth-order valence-corrected chi connectivity index (χ4v) is 5.60. The zero-order chi connectivity index (χ0) is 28.6. The van der Waals surface area contributed by atoms with Gasteiger partial charge in [-0.3, -0.25) is 14.5 Å². The van der Waals surface area contributed by atoms with Crippen molar-refractivity contribution >= 4 is 39.9 Å². The molecule has 1 fully saturated rings. The molecule has 208 valence electrons. The Morgan fingerprint density at radius 1 is 1.10 bits per heavy atom. The molecule has 0 saturated carbocycles. The highest BCUT2D eigenvalue weighted by Gasteiger charge is 2.48. The molecule has 12 heteroatoms. The van der Waals surface area contributed by atoms with E-state index in [1.165, 1.54) is 19.1 Å². The van der Waals surface area contributed by atoms with Gasteiger partial charge in [-0.05, 0) is 49.7 Å². The van der Waals surface area contributed by atoms with Crippen LogP contribution in [0.4, 0.5) is 5.13 Å². The minimum atomic E-state index is -1.10. The van der Waals surface area contributed by atoms with Gasteiger partial charge in [0.1, 0.15) is 23.9 Å². The van der Waals surface area contributed by atoms with Gasteiger partial charge >= 0.3 is 11.9 Å². The van der Waals surface area contributed by atoms with Crippen LogP contribution in [0, 0.1) is 6.92 Å². The molecule has 5 rings (SSSR count). The number of amides is 1. The SMILES string of the molecule is CCOc1ccc(C2/C(=C(\O)c3ccc4c(c3)OCCO4)C(=O)C(=O)N2c2nc(C)c(C(=O)OC)s2)cc1OC. The topological polar surface area (TPSA) is 134 Å². The van der Waals surface area contributed by atoms with Crippen LogP contribution in [0.15, 0.2) is 42.0 Å². The van der Waals surface area contributed by atoms with Crippen LogP contribution in [-0.2, 0) is 14.3 Å². The highest BCUT2D eigenvalue weighted by molar-refractivity contribution is 7.17. The van der Waals surface area contributed by atoms with Crippen molar-refractivity contribution in [3.8, 4) is 23.0 Å². The number of methoxy groups -OCH3 is 2. The summed E-state index contributed by atoms with van der Waals surface area (Å²) >= 11 is 0.914. The number of ether oxygens (including phenoxy) is 5. The maximum atomic E-state index is 13.5. The Kier molecular flexibility index (Phi) is 7.35. The van der Waals surface area contributed by atoms with Crippen LogP contribution in [0.2, 0.25) is 0 Å². The van der Waals surface area contributed by atoms with E-state index in [0.717, 1.165) is 11.3 Å². The number of aliphatic hydroxyl groups excluding tert-OH is 1. The van der Waals surface area contributed by atoms with Gasteiger partial charge in [-0.1, -0.05) is 17.4 Å². The average Bonchev–Trinajstić information content (AvgIpc) is 3.48. The smallest absolute Gasteiger partial charge is 0.350 e. The molecule has 40 heavy (non-hydrogen) atoms. The number of aromatic nitrogens is 1. The number of aryl methyl sites for hydroxylation is 1. The predicted octanol–water partition coefficient (Wildman–Crippen LogP) is 4.04. The molecule has 0 bridgehead atoms. The molecule has 3 heterocycles. The number of esters is 1.